The van der Waals surface area contributed by atoms with E-state index in [1.165, 1.54) is 0 Å². The van der Waals surface area contributed by atoms with Gasteiger partial charge >= 0.3 is 6.03 Å². The molecule has 3 nitrogen and oxygen atoms in total. The molecular weight excluding hydrogens is 244 g/mol. The van der Waals surface area contributed by atoms with Gasteiger partial charge in [0, 0.05) is 10.3 Å². The van der Waals surface area contributed by atoms with Crippen LogP contribution < -0.4 is 5.32 Å². The van der Waals surface area contributed by atoms with E-state index in [1.807, 2.05) is 6.26 Å². The summed E-state index contributed by atoms with van der Waals surface area (Å²) < 4.78 is 4.33. The van der Waals surface area contributed by atoms with Gasteiger partial charge in [-0.1, -0.05) is 58.2 Å². The molecule has 0 saturated carbocycles. The SMILES string of the molecule is CCCCC(C)(CC)NC(=O)N=S(C)C(C)(C)C. The Labute approximate surface area is 115 Å². The molecule has 0 aliphatic heterocycles. The van der Waals surface area contributed by atoms with Gasteiger partial charge in [-0.3, -0.25) is 0 Å². The summed E-state index contributed by atoms with van der Waals surface area (Å²) in [5.41, 5.74) is -0.112. The van der Waals surface area contributed by atoms with Gasteiger partial charge in [0.1, 0.15) is 0 Å². The van der Waals surface area contributed by atoms with Crippen molar-refractivity contribution >= 4 is 16.7 Å². The zero-order valence-corrected chi connectivity index (χ0v) is 13.9. The molecular formula is C14H30N2OS. The van der Waals surface area contributed by atoms with Crippen molar-refractivity contribution < 1.29 is 4.79 Å². The number of nitrogens with one attached hydrogen (secondary N) is 1. The summed E-state index contributed by atoms with van der Waals surface area (Å²) in [5, 5.41) is 3.08. The Kier molecular flexibility index (Phi) is 7.11. The van der Waals surface area contributed by atoms with Crippen LogP contribution in [-0.2, 0) is 10.7 Å². The van der Waals surface area contributed by atoms with Crippen molar-refractivity contribution in [2.45, 2.75) is 77.5 Å². The summed E-state index contributed by atoms with van der Waals surface area (Å²) in [6.07, 6.45) is 6.29. The molecule has 1 N–H and O–H groups in total. The summed E-state index contributed by atoms with van der Waals surface area (Å²) >= 11 is 0. The van der Waals surface area contributed by atoms with E-state index in [-0.39, 0.29) is 27.0 Å². The molecule has 0 aromatic rings. The number of hydrogen-bond acceptors (Lipinski definition) is 1. The molecule has 2 amide bonds. The smallest absolute Gasteiger partial charge is 0.331 e. The van der Waals surface area contributed by atoms with E-state index < -0.39 is 0 Å². The molecule has 0 radical (unpaired) electrons. The molecule has 0 aromatic carbocycles. The Morgan fingerprint density at radius 2 is 1.78 bits per heavy atom. The highest BCUT2D eigenvalue weighted by Gasteiger charge is 2.24. The number of carbonyl (C=O) groups is 1. The van der Waals surface area contributed by atoms with Crippen LogP contribution in [0.15, 0.2) is 4.36 Å². The quantitative estimate of drug-likeness (QED) is 0.798. The van der Waals surface area contributed by atoms with E-state index in [4.69, 9.17) is 0 Å². The fourth-order valence-corrected chi connectivity index (χ4v) is 2.01. The minimum absolute atomic E-state index is 0.0589. The van der Waals surface area contributed by atoms with Crippen molar-refractivity contribution in [2.75, 3.05) is 6.26 Å². The number of carbonyl (C=O) groups excluding carboxylic acids is 1. The highest BCUT2D eigenvalue weighted by molar-refractivity contribution is 7.88. The number of rotatable bonds is 5. The number of unbranched alkanes of at least 4 members (excludes halogenated alkanes) is 1. The van der Waals surface area contributed by atoms with Gasteiger partial charge in [0.15, 0.2) is 0 Å². The Balaban J connectivity index is 4.63. The Morgan fingerprint density at radius 3 is 2.17 bits per heavy atom. The number of urea groups is 1. The summed E-state index contributed by atoms with van der Waals surface area (Å²) in [6, 6.07) is -0.156. The zero-order valence-electron chi connectivity index (χ0n) is 13.1. The molecule has 0 heterocycles. The first kappa shape index (κ1) is 17.6. The molecule has 18 heavy (non-hydrogen) atoms. The van der Waals surface area contributed by atoms with Crippen LogP contribution in [0.2, 0.25) is 0 Å². The van der Waals surface area contributed by atoms with Gasteiger partial charge in [-0.05, 0) is 26.0 Å². The number of hydrogen-bond donors (Lipinski definition) is 1. The highest BCUT2D eigenvalue weighted by Crippen LogP contribution is 2.18. The second kappa shape index (κ2) is 7.27. The third-order valence-electron chi connectivity index (χ3n) is 3.38. The van der Waals surface area contributed by atoms with E-state index in [2.05, 4.69) is 51.2 Å². The molecule has 2 unspecified atom stereocenters. The fraction of sp³-hybridized carbons (Fsp3) is 0.929. The van der Waals surface area contributed by atoms with Gasteiger partial charge < -0.3 is 5.32 Å². The first-order chi connectivity index (χ1) is 8.14. The average Bonchev–Trinajstić information content (AvgIpc) is 2.25. The molecule has 0 fully saturated rings. The lowest BCUT2D eigenvalue weighted by Gasteiger charge is -2.29. The van der Waals surface area contributed by atoms with Crippen LogP contribution in [0.25, 0.3) is 0 Å². The van der Waals surface area contributed by atoms with Crippen molar-refractivity contribution in [3.63, 3.8) is 0 Å². The largest absolute Gasteiger partial charge is 0.347 e. The van der Waals surface area contributed by atoms with E-state index in [1.54, 1.807) is 0 Å². The average molecular weight is 274 g/mol. The Hall–Kier alpha value is -0.380. The topological polar surface area (TPSA) is 41.5 Å². The van der Waals surface area contributed by atoms with Crippen LogP contribution >= 0.6 is 0 Å². The van der Waals surface area contributed by atoms with Gasteiger partial charge in [-0.2, -0.15) is 4.36 Å². The maximum absolute atomic E-state index is 12.0. The van der Waals surface area contributed by atoms with Crippen LogP contribution in [0, 0.1) is 0 Å². The summed E-state index contributed by atoms with van der Waals surface area (Å²) in [4.78, 5) is 12.0. The molecule has 0 aliphatic rings. The molecule has 0 aromatic heterocycles. The molecule has 0 bridgehead atoms. The first-order valence-electron chi connectivity index (χ1n) is 6.84. The van der Waals surface area contributed by atoms with Crippen LogP contribution in [0.5, 0.6) is 0 Å². The minimum atomic E-state index is -0.247. The van der Waals surface area contributed by atoms with Crippen molar-refractivity contribution in [1.82, 2.24) is 5.32 Å². The van der Waals surface area contributed by atoms with Crippen LogP contribution in [0.1, 0.15) is 67.2 Å². The van der Waals surface area contributed by atoms with Gasteiger partial charge in [-0.25, -0.2) is 4.79 Å². The van der Waals surface area contributed by atoms with E-state index in [9.17, 15) is 4.79 Å². The molecule has 108 valence electrons. The normalized spacial score (nSPS) is 17.3. The zero-order chi connectivity index (χ0) is 14.4. The fourth-order valence-electron chi connectivity index (χ4n) is 1.44. The van der Waals surface area contributed by atoms with Crippen molar-refractivity contribution in [3.8, 4) is 0 Å². The van der Waals surface area contributed by atoms with E-state index >= 15 is 0 Å². The third kappa shape index (κ3) is 6.53. The molecule has 2 atom stereocenters. The van der Waals surface area contributed by atoms with Crippen LogP contribution in [0.3, 0.4) is 0 Å². The lowest BCUT2D eigenvalue weighted by molar-refractivity contribution is 0.231. The van der Waals surface area contributed by atoms with Crippen molar-refractivity contribution in [2.24, 2.45) is 4.36 Å². The third-order valence-corrected chi connectivity index (χ3v) is 5.59. The lowest BCUT2D eigenvalue weighted by Crippen LogP contribution is -2.44. The maximum Gasteiger partial charge on any atom is 0.347 e. The summed E-state index contributed by atoms with van der Waals surface area (Å²) in [5.74, 6) is 0. The highest BCUT2D eigenvalue weighted by atomic mass is 32.2. The van der Waals surface area contributed by atoms with Gasteiger partial charge in [0.2, 0.25) is 0 Å². The van der Waals surface area contributed by atoms with Gasteiger partial charge in [0.05, 0.1) is 0 Å². The van der Waals surface area contributed by atoms with Crippen molar-refractivity contribution in [3.05, 3.63) is 0 Å². The minimum Gasteiger partial charge on any atom is -0.331 e. The maximum atomic E-state index is 12.0. The molecule has 0 saturated heterocycles. The molecule has 0 aliphatic carbocycles. The Bertz CT molecular complexity index is 307. The predicted molar refractivity (Wildman–Crippen MR) is 82.2 cm³/mol. The van der Waals surface area contributed by atoms with Crippen molar-refractivity contribution in [1.29, 1.82) is 0 Å². The molecule has 0 rings (SSSR count). The second-order valence-electron chi connectivity index (χ2n) is 6.13. The van der Waals surface area contributed by atoms with Gasteiger partial charge in [0.25, 0.3) is 0 Å². The van der Waals surface area contributed by atoms with E-state index in [0.29, 0.717) is 0 Å². The molecule has 4 heteroatoms. The predicted octanol–water partition coefficient (Wildman–Crippen LogP) is 4.29. The summed E-state index contributed by atoms with van der Waals surface area (Å²) in [6.45, 7) is 12.7. The first-order valence-corrected chi connectivity index (χ1v) is 8.43. The lowest BCUT2D eigenvalue weighted by atomic mass is 9.92. The van der Waals surface area contributed by atoms with E-state index in [0.717, 1.165) is 25.7 Å². The van der Waals surface area contributed by atoms with Gasteiger partial charge in [-0.15, -0.1) is 0 Å². The standard InChI is InChI=1S/C14H30N2OS/c1-8-10-11-14(6,9-2)15-12(17)16-18(7)13(3,4)5/h8-11H2,1-7H3,(H,15,17). The second-order valence-corrected chi connectivity index (χ2v) is 8.49. The van der Waals surface area contributed by atoms with Crippen LogP contribution in [-0.4, -0.2) is 22.6 Å². The number of nitrogens with zero attached hydrogens (tertiary/aromatic N) is 1. The molecule has 0 spiro atoms. The number of amides is 2. The monoisotopic (exact) mass is 274 g/mol. The summed E-state index contributed by atoms with van der Waals surface area (Å²) in [7, 11) is -0.247. The Morgan fingerprint density at radius 1 is 1.22 bits per heavy atom. The van der Waals surface area contributed by atoms with Crippen LogP contribution in [0.4, 0.5) is 4.79 Å².